The molecule has 1 aromatic rings. The molecule has 0 saturated heterocycles. The first-order chi connectivity index (χ1) is 10.2. The van der Waals surface area contributed by atoms with Crippen molar-refractivity contribution < 1.29 is 38.5 Å². The van der Waals surface area contributed by atoms with Crippen molar-refractivity contribution in [1.82, 2.24) is 0 Å². The fourth-order valence-corrected chi connectivity index (χ4v) is 3.03. The first-order valence-corrected chi connectivity index (χ1v) is 8.19. The molecule has 9 heteroatoms. The van der Waals surface area contributed by atoms with Gasteiger partial charge in [-0.1, -0.05) is 0 Å². The SMILES string of the molecule is CC(=O)c1ccc[n+]([C@@H]2C[C@H](COP(=O)([O-])[O-])[C@@H](O)[C@H]2O)c1. The number of ketones is 1. The number of pyridine rings is 1. The molecule has 1 saturated carbocycles. The Morgan fingerprint density at radius 1 is 1.45 bits per heavy atom. The standard InChI is InChI=1S/C13H18NO7P/c1-8(15)9-3-2-4-14(6-9)11-5-10(12(16)13(11)17)7-21-22(18,19)20/h2-4,6,10-13,16-17H,5,7H2,1H3,(H-,18,19,20)/p-1/t10-,11-,12-,13+/m1/s1. The molecular weight excluding hydrogens is 313 g/mol. The van der Waals surface area contributed by atoms with Crippen molar-refractivity contribution in [3.63, 3.8) is 0 Å². The minimum atomic E-state index is -5.12. The summed E-state index contributed by atoms with van der Waals surface area (Å²) in [6.45, 7) is 0.933. The van der Waals surface area contributed by atoms with Gasteiger partial charge < -0.3 is 29.1 Å². The van der Waals surface area contributed by atoms with Crippen LogP contribution >= 0.6 is 7.82 Å². The van der Waals surface area contributed by atoms with Crippen LogP contribution in [0, 0.1) is 5.92 Å². The van der Waals surface area contributed by atoms with Crippen LogP contribution in [0.5, 0.6) is 0 Å². The number of aromatic nitrogens is 1. The number of aliphatic hydroxyl groups is 2. The van der Waals surface area contributed by atoms with Gasteiger partial charge in [0, 0.05) is 18.4 Å². The number of hydrogen-bond donors (Lipinski definition) is 2. The molecule has 2 rings (SSSR count). The van der Waals surface area contributed by atoms with E-state index in [0.717, 1.165) is 0 Å². The minimum Gasteiger partial charge on any atom is -0.790 e. The summed E-state index contributed by atoms with van der Waals surface area (Å²) in [5, 5.41) is 20.1. The van der Waals surface area contributed by atoms with Crippen molar-refractivity contribution in [1.29, 1.82) is 0 Å². The molecule has 122 valence electrons. The first kappa shape index (κ1) is 17.2. The molecule has 1 aliphatic rings. The van der Waals surface area contributed by atoms with Crippen molar-refractivity contribution in [3.05, 3.63) is 30.1 Å². The van der Waals surface area contributed by atoms with E-state index in [1.165, 1.54) is 6.92 Å². The first-order valence-electron chi connectivity index (χ1n) is 6.73. The van der Waals surface area contributed by atoms with Crippen molar-refractivity contribution >= 4 is 13.6 Å². The van der Waals surface area contributed by atoms with Gasteiger partial charge in [0.1, 0.15) is 6.10 Å². The molecule has 0 bridgehead atoms. The van der Waals surface area contributed by atoms with Crippen molar-refractivity contribution in [3.8, 4) is 0 Å². The Balaban J connectivity index is 2.14. The smallest absolute Gasteiger partial charge is 0.186 e. The van der Waals surface area contributed by atoms with E-state index in [0.29, 0.717) is 5.56 Å². The molecule has 8 nitrogen and oxygen atoms in total. The van der Waals surface area contributed by atoms with Crippen LogP contribution in [0.15, 0.2) is 24.5 Å². The van der Waals surface area contributed by atoms with E-state index in [9.17, 15) is 29.4 Å². The summed E-state index contributed by atoms with van der Waals surface area (Å²) in [6, 6.07) is 2.73. The molecule has 4 atom stereocenters. The van der Waals surface area contributed by atoms with Gasteiger partial charge in [0.2, 0.25) is 0 Å². The number of phosphoric acid groups is 1. The normalized spacial score (nSPS) is 28.8. The summed E-state index contributed by atoms with van der Waals surface area (Å²) < 4.78 is 16.3. The quantitative estimate of drug-likeness (QED) is 0.373. The largest absolute Gasteiger partial charge is 0.790 e. The highest BCUT2D eigenvalue weighted by atomic mass is 31.2. The Bertz CT molecular complexity index is 602. The molecule has 1 aromatic heterocycles. The molecule has 2 N–H and O–H groups in total. The zero-order valence-corrected chi connectivity index (χ0v) is 12.8. The van der Waals surface area contributed by atoms with Crippen LogP contribution in [0.2, 0.25) is 0 Å². The van der Waals surface area contributed by atoms with Crippen LogP contribution in [-0.4, -0.2) is 34.8 Å². The number of carbonyl (C=O) groups is 1. The van der Waals surface area contributed by atoms with E-state index >= 15 is 0 Å². The molecule has 0 aliphatic heterocycles. The third-order valence-electron chi connectivity index (χ3n) is 3.83. The van der Waals surface area contributed by atoms with Gasteiger partial charge in [-0.25, -0.2) is 0 Å². The number of Topliss-reactive ketones (excluding diaryl/α,β-unsaturated/α-hetero) is 1. The summed E-state index contributed by atoms with van der Waals surface area (Å²) in [5.74, 6) is -0.828. The number of rotatable bonds is 5. The monoisotopic (exact) mass is 330 g/mol. The van der Waals surface area contributed by atoms with Crippen molar-refractivity contribution in [2.75, 3.05) is 6.61 Å². The fraction of sp³-hybridized carbons (Fsp3) is 0.538. The van der Waals surface area contributed by atoms with E-state index in [4.69, 9.17) is 0 Å². The van der Waals surface area contributed by atoms with Crippen LogP contribution in [0.4, 0.5) is 0 Å². The lowest BCUT2D eigenvalue weighted by Crippen LogP contribution is -2.45. The predicted molar refractivity (Wildman–Crippen MR) is 69.4 cm³/mol. The zero-order chi connectivity index (χ0) is 16.5. The van der Waals surface area contributed by atoms with Gasteiger partial charge in [-0.15, -0.1) is 0 Å². The molecule has 22 heavy (non-hydrogen) atoms. The van der Waals surface area contributed by atoms with E-state index in [1.54, 1.807) is 29.1 Å². The summed E-state index contributed by atoms with van der Waals surface area (Å²) in [6.07, 6.45) is 1.04. The molecular formula is C13H17NO7P-. The highest BCUT2D eigenvalue weighted by Gasteiger charge is 2.46. The van der Waals surface area contributed by atoms with Gasteiger partial charge in [0.25, 0.3) is 0 Å². The third kappa shape index (κ3) is 3.98. The Kier molecular flexibility index (Phi) is 5.11. The van der Waals surface area contributed by atoms with Crippen LogP contribution in [-0.2, 0) is 9.09 Å². The van der Waals surface area contributed by atoms with Crippen LogP contribution in [0.1, 0.15) is 29.7 Å². The van der Waals surface area contributed by atoms with Gasteiger partial charge in [-0.3, -0.25) is 4.79 Å². The number of hydrogen-bond acceptors (Lipinski definition) is 7. The van der Waals surface area contributed by atoms with Gasteiger partial charge in [-0.05, 0) is 13.0 Å². The zero-order valence-electron chi connectivity index (χ0n) is 11.9. The van der Waals surface area contributed by atoms with Gasteiger partial charge >= 0.3 is 0 Å². The number of nitrogens with zero attached hydrogens (tertiary/aromatic N) is 1. The predicted octanol–water partition coefficient (Wildman–Crippen LogP) is -1.70. The topological polar surface area (TPSA) is 134 Å². The molecule has 0 radical (unpaired) electrons. The Morgan fingerprint density at radius 3 is 2.73 bits per heavy atom. The minimum absolute atomic E-state index is 0.138. The second-order valence-corrected chi connectivity index (χ2v) is 6.54. The molecule has 0 spiro atoms. The van der Waals surface area contributed by atoms with Gasteiger partial charge in [0.05, 0.1) is 26.1 Å². The maximum atomic E-state index is 11.4. The maximum absolute atomic E-state index is 11.4. The summed E-state index contributed by atoms with van der Waals surface area (Å²) in [4.78, 5) is 32.4. The lowest BCUT2D eigenvalue weighted by Gasteiger charge is -2.30. The van der Waals surface area contributed by atoms with Gasteiger partial charge in [-0.2, -0.15) is 4.57 Å². The number of carbonyl (C=O) groups excluding carboxylic acids is 1. The van der Waals surface area contributed by atoms with E-state index < -0.39 is 38.6 Å². The van der Waals surface area contributed by atoms with E-state index in [1.807, 2.05) is 0 Å². The fourth-order valence-electron chi connectivity index (χ4n) is 2.65. The highest BCUT2D eigenvalue weighted by Crippen LogP contribution is 2.35. The second-order valence-electron chi connectivity index (χ2n) is 5.38. The molecule has 0 unspecified atom stereocenters. The maximum Gasteiger partial charge on any atom is 0.186 e. The molecule has 0 amide bonds. The molecule has 1 heterocycles. The highest BCUT2D eigenvalue weighted by molar-refractivity contribution is 7.43. The lowest BCUT2D eigenvalue weighted by atomic mass is 10.1. The summed E-state index contributed by atoms with van der Waals surface area (Å²) in [7, 11) is -5.12. The molecule has 0 aromatic carbocycles. The second kappa shape index (κ2) is 6.54. The molecule has 1 fully saturated rings. The van der Waals surface area contributed by atoms with Crippen LogP contribution in [0.25, 0.3) is 0 Å². The lowest BCUT2D eigenvalue weighted by molar-refractivity contribution is -0.728. The molecule has 1 aliphatic carbocycles. The summed E-state index contributed by atoms with van der Waals surface area (Å²) >= 11 is 0. The van der Waals surface area contributed by atoms with Crippen LogP contribution in [0.3, 0.4) is 0 Å². The van der Waals surface area contributed by atoms with Gasteiger partial charge in [0.15, 0.2) is 24.2 Å². The Labute approximate surface area is 127 Å². The van der Waals surface area contributed by atoms with E-state index in [2.05, 4.69) is 4.52 Å². The average Bonchev–Trinajstić information content (AvgIpc) is 2.72. The van der Waals surface area contributed by atoms with Crippen molar-refractivity contribution in [2.24, 2.45) is 5.92 Å². The summed E-state index contributed by atoms with van der Waals surface area (Å²) in [5.41, 5.74) is 0.451. The Hall–Kier alpha value is -1.15. The Morgan fingerprint density at radius 2 is 2.14 bits per heavy atom. The van der Waals surface area contributed by atoms with E-state index in [-0.39, 0.29) is 12.2 Å². The van der Waals surface area contributed by atoms with Crippen molar-refractivity contribution in [2.45, 2.75) is 31.6 Å². The third-order valence-corrected chi connectivity index (χ3v) is 4.30. The number of phosphoric ester groups is 1. The average molecular weight is 330 g/mol. The van der Waals surface area contributed by atoms with Crippen LogP contribution < -0.4 is 14.4 Å². The number of aliphatic hydroxyl groups excluding tert-OH is 2.